The number of carbonyl (C=O) groups excluding carboxylic acids is 2. The van der Waals surface area contributed by atoms with Crippen LogP contribution >= 0.6 is 0 Å². The number of anilines is 1. The van der Waals surface area contributed by atoms with Crippen LogP contribution < -0.4 is 10.6 Å². The van der Waals surface area contributed by atoms with Crippen LogP contribution in [0, 0.1) is 0 Å². The molecule has 4 rings (SSSR count). The lowest BCUT2D eigenvalue weighted by molar-refractivity contribution is -0.116. The number of nitrogens with zero attached hydrogens (tertiary/aromatic N) is 2. The van der Waals surface area contributed by atoms with Gasteiger partial charge in [-0.15, -0.1) is 0 Å². The number of furan rings is 1. The fraction of sp³-hybridized carbons (Fsp3) is 0.200. The minimum absolute atomic E-state index is 0.173. The van der Waals surface area contributed by atoms with Crippen molar-refractivity contribution in [1.82, 2.24) is 25.7 Å². The summed E-state index contributed by atoms with van der Waals surface area (Å²) in [5.41, 5.74) is 1.68. The Kier molecular flexibility index (Phi) is 3.19. The maximum atomic E-state index is 12.1. The summed E-state index contributed by atoms with van der Waals surface area (Å²) in [7, 11) is 1.54. The number of aromatic amines is 2. The summed E-state index contributed by atoms with van der Waals surface area (Å²) in [6.07, 6.45) is 1.80. The van der Waals surface area contributed by atoms with Gasteiger partial charge in [-0.2, -0.15) is 10.2 Å². The van der Waals surface area contributed by atoms with Gasteiger partial charge in [0.1, 0.15) is 17.1 Å². The van der Waals surface area contributed by atoms with Gasteiger partial charge in [0.05, 0.1) is 5.92 Å². The van der Waals surface area contributed by atoms with Gasteiger partial charge in [-0.3, -0.25) is 19.8 Å². The van der Waals surface area contributed by atoms with Crippen LogP contribution in [-0.2, 0) is 4.79 Å². The van der Waals surface area contributed by atoms with E-state index in [1.165, 1.54) is 7.05 Å². The van der Waals surface area contributed by atoms with E-state index in [-0.39, 0.29) is 18.2 Å². The summed E-state index contributed by atoms with van der Waals surface area (Å²) in [5.74, 6) is 0.681. The summed E-state index contributed by atoms with van der Waals surface area (Å²) >= 11 is 0. The number of amides is 2. The Hall–Kier alpha value is -3.36. The molecule has 9 nitrogen and oxygen atoms in total. The second-order valence-electron chi connectivity index (χ2n) is 5.42. The zero-order chi connectivity index (χ0) is 16.7. The molecule has 24 heavy (non-hydrogen) atoms. The number of hydrogen-bond donors (Lipinski definition) is 4. The predicted molar refractivity (Wildman–Crippen MR) is 83.4 cm³/mol. The Bertz CT molecular complexity index is 908. The Morgan fingerprint density at radius 3 is 2.96 bits per heavy atom. The van der Waals surface area contributed by atoms with Gasteiger partial charge < -0.3 is 15.1 Å². The van der Waals surface area contributed by atoms with Crippen molar-refractivity contribution in [3.05, 3.63) is 41.4 Å². The van der Waals surface area contributed by atoms with Crippen LogP contribution in [0.1, 0.15) is 34.2 Å². The molecule has 2 amide bonds. The van der Waals surface area contributed by atoms with E-state index in [9.17, 15) is 9.59 Å². The monoisotopic (exact) mass is 326 g/mol. The summed E-state index contributed by atoms with van der Waals surface area (Å²) in [5, 5.41) is 18.7. The van der Waals surface area contributed by atoms with Crippen LogP contribution in [0.5, 0.6) is 0 Å². The SMILES string of the molecule is CNC(=O)c1[nH]nc2c1[C@H](c1ccc(-c3ccn[nH]3)o1)CC(=O)N2. The number of aromatic nitrogens is 4. The molecular formula is C15H14N6O3. The molecule has 0 aliphatic carbocycles. The molecule has 3 aromatic heterocycles. The molecular weight excluding hydrogens is 312 g/mol. The van der Waals surface area contributed by atoms with Crippen molar-refractivity contribution in [2.45, 2.75) is 12.3 Å². The predicted octanol–water partition coefficient (Wildman–Crippen LogP) is 1.23. The van der Waals surface area contributed by atoms with Gasteiger partial charge in [-0.1, -0.05) is 0 Å². The van der Waals surface area contributed by atoms with Gasteiger partial charge in [0.2, 0.25) is 5.91 Å². The van der Waals surface area contributed by atoms with Crippen LogP contribution in [0.15, 0.2) is 28.8 Å². The number of fused-ring (bicyclic) bond motifs is 1. The van der Waals surface area contributed by atoms with Gasteiger partial charge in [0.15, 0.2) is 11.6 Å². The third kappa shape index (κ3) is 2.18. The fourth-order valence-corrected chi connectivity index (χ4v) is 2.87. The number of hydrogen-bond acceptors (Lipinski definition) is 5. The molecule has 0 radical (unpaired) electrons. The normalized spacial score (nSPS) is 16.5. The molecule has 3 aromatic rings. The average molecular weight is 326 g/mol. The molecule has 0 spiro atoms. The van der Waals surface area contributed by atoms with Crippen molar-refractivity contribution < 1.29 is 14.0 Å². The molecule has 0 saturated carbocycles. The van der Waals surface area contributed by atoms with Gasteiger partial charge in [0.25, 0.3) is 5.91 Å². The molecule has 122 valence electrons. The van der Waals surface area contributed by atoms with E-state index in [0.717, 1.165) is 5.69 Å². The highest BCUT2D eigenvalue weighted by molar-refractivity contribution is 6.00. The molecule has 0 fully saturated rings. The first-order valence-electron chi connectivity index (χ1n) is 7.37. The van der Waals surface area contributed by atoms with E-state index in [1.54, 1.807) is 24.4 Å². The quantitative estimate of drug-likeness (QED) is 0.575. The lowest BCUT2D eigenvalue weighted by Crippen LogP contribution is -2.26. The lowest BCUT2D eigenvalue weighted by atomic mass is 9.89. The van der Waals surface area contributed by atoms with Crippen LogP contribution in [0.2, 0.25) is 0 Å². The van der Waals surface area contributed by atoms with Crippen molar-refractivity contribution in [3.8, 4) is 11.5 Å². The highest BCUT2D eigenvalue weighted by Crippen LogP contribution is 2.39. The van der Waals surface area contributed by atoms with Crippen LogP contribution in [0.3, 0.4) is 0 Å². The topological polar surface area (TPSA) is 129 Å². The average Bonchev–Trinajstić information content (AvgIpc) is 3.31. The number of carbonyl (C=O) groups is 2. The second kappa shape index (κ2) is 5.37. The first-order chi connectivity index (χ1) is 11.7. The van der Waals surface area contributed by atoms with E-state index in [0.29, 0.717) is 28.6 Å². The zero-order valence-corrected chi connectivity index (χ0v) is 12.7. The summed E-state index contributed by atoms with van der Waals surface area (Å²) < 4.78 is 5.89. The van der Waals surface area contributed by atoms with Crippen molar-refractivity contribution in [2.24, 2.45) is 0 Å². The van der Waals surface area contributed by atoms with Crippen LogP contribution in [0.25, 0.3) is 11.5 Å². The minimum Gasteiger partial charge on any atom is -0.459 e. The molecule has 1 aliphatic heterocycles. The first-order valence-corrected chi connectivity index (χ1v) is 7.37. The number of H-pyrrole nitrogens is 2. The maximum Gasteiger partial charge on any atom is 0.269 e. The Morgan fingerprint density at radius 1 is 1.33 bits per heavy atom. The molecule has 1 aliphatic rings. The highest BCUT2D eigenvalue weighted by atomic mass is 16.3. The Morgan fingerprint density at radius 2 is 2.21 bits per heavy atom. The third-order valence-corrected chi connectivity index (χ3v) is 3.99. The van der Waals surface area contributed by atoms with Gasteiger partial charge >= 0.3 is 0 Å². The van der Waals surface area contributed by atoms with Gasteiger partial charge in [-0.25, -0.2) is 0 Å². The molecule has 0 saturated heterocycles. The van der Waals surface area contributed by atoms with Gasteiger partial charge in [0, 0.05) is 25.2 Å². The largest absolute Gasteiger partial charge is 0.459 e. The smallest absolute Gasteiger partial charge is 0.269 e. The first kappa shape index (κ1) is 14.2. The molecule has 0 bridgehead atoms. The molecule has 1 atom stereocenters. The molecule has 9 heteroatoms. The zero-order valence-electron chi connectivity index (χ0n) is 12.7. The van der Waals surface area contributed by atoms with E-state index >= 15 is 0 Å². The van der Waals surface area contributed by atoms with Crippen molar-refractivity contribution in [1.29, 1.82) is 0 Å². The minimum atomic E-state index is -0.392. The molecule has 0 aromatic carbocycles. The number of rotatable bonds is 3. The van der Waals surface area contributed by atoms with E-state index in [2.05, 4.69) is 31.0 Å². The summed E-state index contributed by atoms with van der Waals surface area (Å²) in [4.78, 5) is 24.0. The molecule has 0 unspecified atom stereocenters. The van der Waals surface area contributed by atoms with Crippen molar-refractivity contribution in [2.75, 3.05) is 12.4 Å². The lowest BCUT2D eigenvalue weighted by Gasteiger charge is -2.20. The standard InChI is InChI=1S/C15H14N6O3/c1-16-15(23)13-12-7(6-11(22)18-14(12)21-20-13)9-2-3-10(24-9)8-4-5-17-19-8/h2-5,7H,6H2,1H3,(H,16,23)(H,17,19)(H2,18,20,21,22)/t7-/m0/s1. The van der Waals surface area contributed by atoms with E-state index in [4.69, 9.17) is 4.42 Å². The highest BCUT2D eigenvalue weighted by Gasteiger charge is 2.35. The van der Waals surface area contributed by atoms with Crippen molar-refractivity contribution in [3.63, 3.8) is 0 Å². The van der Waals surface area contributed by atoms with Gasteiger partial charge in [-0.05, 0) is 18.2 Å². The fourth-order valence-electron chi connectivity index (χ4n) is 2.87. The summed E-state index contributed by atoms with van der Waals surface area (Å²) in [6.45, 7) is 0. The molecule has 4 heterocycles. The van der Waals surface area contributed by atoms with E-state index < -0.39 is 5.92 Å². The Labute approximate surface area is 135 Å². The van der Waals surface area contributed by atoms with Crippen LogP contribution in [0.4, 0.5) is 5.82 Å². The third-order valence-electron chi connectivity index (χ3n) is 3.99. The molecule has 4 N–H and O–H groups in total. The Balaban J connectivity index is 1.78. The second-order valence-corrected chi connectivity index (χ2v) is 5.42. The number of nitrogens with one attached hydrogen (secondary N) is 4. The summed E-state index contributed by atoms with van der Waals surface area (Å²) in [6, 6.07) is 5.38. The van der Waals surface area contributed by atoms with E-state index in [1.807, 2.05) is 0 Å². The van der Waals surface area contributed by atoms with Crippen molar-refractivity contribution >= 4 is 17.6 Å². The maximum absolute atomic E-state index is 12.1. The van der Waals surface area contributed by atoms with Crippen LogP contribution in [-0.4, -0.2) is 39.3 Å².